The predicted molar refractivity (Wildman–Crippen MR) is 87.9 cm³/mol. The molecule has 0 bridgehead atoms. The van der Waals surface area contributed by atoms with E-state index < -0.39 is 0 Å². The summed E-state index contributed by atoms with van der Waals surface area (Å²) in [6, 6.07) is 13.8. The second-order valence-electron chi connectivity index (χ2n) is 5.58. The molecule has 1 amide bonds. The summed E-state index contributed by atoms with van der Waals surface area (Å²) in [6.07, 6.45) is 4.67. The molecule has 0 spiro atoms. The molecule has 1 aromatic heterocycles. The maximum Gasteiger partial charge on any atom is 0.271 e. The van der Waals surface area contributed by atoms with Crippen LogP contribution in [0.4, 0.5) is 0 Å². The van der Waals surface area contributed by atoms with Gasteiger partial charge in [0.1, 0.15) is 5.71 Å². The van der Waals surface area contributed by atoms with Gasteiger partial charge in [0.15, 0.2) is 6.10 Å². The van der Waals surface area contributed by atoms with E-state index in [9.17, 15) is 4.79 Å². The first-order valence-electron chi connectivity index (χ1n) is 7.66. The van der Waals surface area contributed by atoms with Gasteiger partial charge in [0, 0.05) is 32.4 Å². The molecule has 5 heteroatoms. The number of amides is 1. The number of pyridine rings is 1. The molecule has 2 aromatic rings. The zero-order valence-electron chi connectivity index (χ0n) is 13.1. The Hall–Kier alpha value is -2.69. The third kappa shape index (κ3) is 3.74. The zero-order chi connectivity index (χ0) is 16.1. The lowest BCUT2D eigenvalue weighted by Gasteiger charge is -2.16. The summed E-state index contributed by atoms with van der Waals surface area (Å²) in [5, 5.41) is 3.98. The van der Waals surface area contributed by atoms with Gasteiger partial charge in [0.25, 0.3) is 5.91 Å². The van der Waals surface area contributed by atoms with E-state index in [2.05, 4.69) is 10.1 Å². The summed E-state index contributed by atoms with van der Waals surface area (Å²) >= 11 is 0. The fourth-order valence-corrected chi connectivity index (χ4v) is 2.52. The van der Waals surface area contributed by atoms with Crippen molar-refractivity contribution in [1.29, 1.82) is 0 Å². The molecule has 0 saturated heterocycles. The molecule has 2 heterocycles. The standard InChI is InChI=1S/C18H19N3O2/c1-21(12-9-14-7-10-19-11-8-14)18(22)16-13-17(23-20-16)15-5-3-2-4-6-15/h2-8,10-11,17H,9,12-13H2,1H3/t17-/m1/s1. The molecule has 3 rings (SSSR count). The fourth-order valence-electron chi connectivity index (χ4n) is 2.52. The Kier molecular flexibility index (Phi) is 4.66. The number of oxime groups is 1. The Labute approximate surface area is 135 Å². The van der Waals surface area contributed by atoms with Crippen LogP contribution in [0, 0.1) is 0 Å². The van der Waals surface area contributed by atoms with E-state index in [-0.39, 0.29) is 12.0 Å². The van der Waals surface area contributed by atoms with Crippen LogP contribution in [0.15, 0.2) is 60.0 Å². The summed E-state index contributed by atoms with van der Waals surface area (Å²) < 4.78 is 0. The average molecular weight is 309 g/mol. The molecule has 5 nitrogen and oxygen atoms in total. The number of hydrogen-bond acceptors (Lipinski definition) is 4. The largest absolute Gasteiger partial charge is 0.387 e. The molecule has 1 aromatic carbocycles. The van der Waals surface area contributed by atoms with Gasteiger partial charge in [-0.05, 0) is 29.7 Å². The fraction of sp³-hybridized carbons (Fsp3) is 0.278. The van der Waals surface area contributed by atoms with Crippen molar-refractivity contribution in [2.45, 2.75) is 18.9 Å². The van der Waals surface area contributed by atoms with Gasteiger partial charge < -0.3 is 9.74 Å². The summed E-state index contributed by atoms with van der Waals surface area (Å²) in [6.45, 7) is 0.637. The first-order chi connectivity index (χ1) is 11.2. The van der Waals surface area contributed by atoms with E-state index in [1.807, 2.05) is 42.5 Å². The van der Waals surface area contributed by atoms with Gasteiger partial charge in [0.2, 0.25) is 0 Å². The van der Waals surface area contributed by atoms with Gasteiger partial charge in [-0.2, -0.15) is 0 Å². The second kappa shape index (κ2) is 7.05. The van der Waals surface area contributed by atoms with Crippen LogP contribution in [0.3, 0.4) is 0 Å². The smallest absolute Gasteiger partial charge is 0.271 e. The molecule has 0 radical (unpaired) electrons. The number of aromatic nitrogens is 1. The molecule has 0 unspecified atom stereocenters. The molecule has 0 fully saturated rings. The highest BCUT2D eigenvalue weighted by Crippen LogP contribution is 2.27. The highest BCUT2D eigenvalue weighted by molar-refractivity contribution is 6.39. The number of likely N-dealkylation sites (N-methyl/N-ethyl adjacent to an activating group) is 1. The van der Waals surface area contributed by atoms with Gasteiger partial charge in [-0.3, -0.25) is 9.78 Å². The van der Waals surface area contributed by atoms with E-state index in [0.29, 0.717) is 18.7 Å². The van der Waals surface area contributed by atoms with E-state index in [1.54, 1.807) is 24.3 Å². The summed E-state index contributed by atoms with van der Waals surface area (Å²) in [7, 11) is 1.79. The first-order valence-corrected chi connectivity index (χ1v) is 7.66. The molecule has 0 N–H and O–H groups in total. The maximum absolute atomic E-state index is 12.4. The first kappa shape index (κ1) is 15.2. The minimum atomic E-state index is -0.163. The predicted octanol–water partition coefficient (Wildman–Crippen LogP) is 2.60. The van der Waals surface area contributed by atoms with Crippen LogP contribution in [0.5, 0.6) is 0 Å². The second-order valence-corrected chi connectivity index (χ2v) is 5.58. The number of benzene rings is 1. The maximum atomic E-state index is 12.4. The van der Waals surface area contributed by atoms with Crippen molar-refractivity contribution in [1.82, 2.24) is 9.88 Å². The molecule has 1 atom stereocenters. The Balaban J connectivity index is 1.54. The van der Waals surface area contributed by atoms with Crippen molar-refractivity contribution in [2.75, 3.05) is 13.6 Å². The molecule has 0 saturated carbocycles. The lowest BCUT2D eigenvalue weighted by molar-refractivity contribution is -0.123. The Morgan fingerprint density at radius 1 is 1.22 bits per heavy atom. The van der Waals surface area contributed by atoms with Gasteiger partial charge in [0.05, 0.1) is 0 Å². The SMILES string of the molecule is CN(CCc1ccncc1)C(=O)C1=NO[C@@H](c2ccccc2)C1. The molecule has 0 aliphatic carbocycles. The highest BCUT2D eigenvalue weighted by Gasteiger charge is 2.28. The van der Waals surface area contributed by atoms with E-state index in [1.165, 1.54) is 0 Å². The van der Waals surface area contributed by atoms with Crippen LogP contribution in [-0.2, 0) is 16.1 Å². The number of nitrogens with zero attached hydrogens (tertiary/aromatic N) is 3. The van der Waals surface area contributed by atoms with Gasteiger partial charge in [-0.1, -0.05) is 35.5 Å². The quantitative estimate of drug-likeness (QED) is 0.853. The van der Waals surface area contributed by atoms with Gasteiger partial charge >= 0.3 is 0 Å². The topological polar surface area (TPSA) is 54.8 Å². The normalized spacial score (nSPS) is 16.6. The third-order valence-corrected chi connectivity index (χ3v) is 3.92. The van der Waals surface area contributed by atoms with Crippen molar-refractivity contribution < 1.29 is 9.63 Å². The van der Waals surface area contributed by atoms with Crippen LogP contribution in [-0.4, -0.2) is 35.1 Å². The molecular formula is C18H19N3O2. The van der Waals surface area contributed by atoms with Crippen molar-refractivity contribution in [3.8, 4) is 0 Å². The zero-order valence-corrected chi connectivity index (χ0v) is 13.1. The molecule has 1 aliphatic rings. The van der Waals surface area contributed by atoms with Gasteiger partial charge in [-0.25, -0.2) is 0 Å². The minimum Gasteiger partial charge on any atom is -0.387 e. The Morgan fingerprint density at radius 2 is 1.96 bits per heavy atom. The van der Waals surface area contributed by atoms with Crippen molar-refractivity contribution >= 4 is 11.6 Å². The summed E-state index contributed by atoms with van der Waals surface area (Å²) in [4.78, 5) is 23.5. The molecular weight excluding hydrogens is 290 g/mol. The lowest BCUT2D eigenvalue weighted by atomic mass is 10.0. The number of carbonyl (C=O) groups is 1. The van der Waals surface area contributed by atoms with E-state index in [0.717, 1.165) is 17.5 Å². The van der Waals surface area contributed by atoms with Crippen molar-refractivity contribution in [3.63, 3.8) is 0 Å². The van der Waals surface area contributed by atoms with Gasteiger partial charge in [-0.15, -0.1) is 0 Å². The number of hydrogen-bond donors (Lipinski definition) is 0. The molecule has 23 heavy (non-hydrogen) atoms. The lowest BCUT2D eigenvalue weighted by Crippen LogP contribution is -2.34. The van der Waals surface area contributed by atoms with E-state index in [4.69, 9.17) is 4.84 Å². The summed E-state index contributed by atoms with van der Waals surface area (Å²) in [5.41, 5.74) is 2.68. The van der Waals surface area contributed by atoms with Crippen LogP contribution in [0.1, 0.15) is 23.7 Å². The molecule has 118 valence electrons. The van der Waals surface area contributed by atoms with Crippen LogP contribution in [0.2, 0.25) is 0 Å². The average Bonchev–Trinajstić information content (AvgIpc) is 3.11. The number of carbonyl (C=O) groups excluding carboxylic acids is 1. The summed E-state index contributed by atoms with van der Waals surface area (Å²) in [5.74, 6) is -0.0718. The Morgan fingerprint density at radius 3 is 2.70 bits per heavy atom. The van der Waals surface area contributed by atoms with Crippen LogP contribution < -0.4 is 0 Å². The van der Waals surface area contributed by atoms with Crippen molar-refractivity contribution in [2.24, 2.45) is 5.16 Å². The van der Waals surface area contributed by atoms with E-state index >= 15 is 0 Å². The molecule has 1 aliphatic heterocycles. The monoisotopic (exact) mass is 309 g/mol. The van der Waals surface area contributed by atoms with Crippen LogP contribution in [0.25, 0.3) is 0 Å². The Bertz CT molecular complexity index is 686. The van der Waals surface area contributed by atoms with Crippen molar-refractivity contribution in [3.05, 3.63) is 66.0 Å². The third-order valence-electron chi connectivity index (χ3n) is 3.92. The highest BCUT2D eigenvalue weighted by atomic mass is 16.6. The number of rotatable bonds is 5. The minimum absolute atomic E-state index is 0.0718. The van der Waals surface area contributed by atoms with Crippen LogP contribution >= 0.6 is 0 Å².